The van der Waals surface area contributed by atoms with Gasteiger partial charge in [-0.2, -0.15) is 5.26 Å². The lowest BCUT2D eigenvalue weighted by Crippen LogP contribution is -2.59. The molecule has 1 saturated carbocycles. The van der Waals surface area contributed by atoms with Crippen LogP contribution in [0.1, 0.15) is 87.6 Å². The summed E-state index contributed by atoms with van der Waals surface area (Å²) in [6.45, 7) is 6.38. The zero-order valence-electron chi connectivity index (χ0n) is 25.3. The average Bonchev–Trinajstić information content (AvgIpc) is 2.98. The number of nitriles is 1. The highest BCUT2D eigenvalue weighted by Crippen LogP contribution is 2.33. The fourth-order valence-electron chi connectivity index (χ4n) is 5.65. The Morgan fingerprint density at radius 3 is 2.42 bits per heavy atom. The predicted octanol–water partition coefficient (Wildman–Crippen LogP) is 7.12. The van der Waals surface area contributed by atoms with Gasteiger partial charge in [-0.05, 0) is 75.3 Å². The number of aromatic nitrogens is 1. The van der Waals surface area contributed by atoms with Gasteiger partial charge in [-0.3, -0.25) is 14.7 Å². The fourth-order valence-corrected chi connectivity index (χ4v) is 5.65. The Bertz CT molecular complexity index is 1450. The number of anilines is 1. The molecule has 2 fully saturated rings. The Hall–Kier alpha value is -4.38. The van der Waals surface area contributed by atoms with Crippen molar-refractivity contribution in [3.8, 4) is 11.8 Å². The van der Waals surface area contributed by atoms with Gasteiger partial charge in [0, 0.05) is 24.5 Å². The number of carbonyl (C=O) groups is 2. The van der Waals surface area contributed by atoms with E-state index in [9.17, 15) is 14.9 Å². The van der Waals surface area contributed by atoms with E-state index >= 15 is 0 Å². The van der Waals surface area contributed by atoms with E-state index in [2.05, 4.69) is 12.1 Å². The van der Waals surface area contributed by atoms with Crippen LogP contribution in [0.4, 0.5) is 10.5 Å². The lowest BCUT2D eigenvalue weighted by atomic mass is 9.85. The van der Waals surface area contributed by atoms with Crippen LogP contribution in [0.25, 0.3) is 0 Å². The second-order valence-electron chi connectivity index (χ2n) is 12.4. The quantitative estimate of drug-likeness (QED) is 0.281. The summed E-state index contributed by atoms with van der Waals surface area (Å²) in [7, 11) is 0. The molecule has 1 saturated heterocycles. The summed E-state index contributed by atoms with van der Waals surface area (Å²) < 4.78 is 11.6. The molecule has 2 aliphatic rings. The highest BCUT2D eigenvalue weighted by molar-refractivity contribution is 5.99. The van der Waals surface area contributed by atoms with Gasteiger partial charge in [0.1, 0.15) is 30.1 Å². The van der Waals surface area contributed by atoms with E-state index in [0.717, 1.165) is 11.3 Å². The lowest BCUT2D eigenvalue weighted by molar-refractivity contribution is -0.128. The van der Waals surface area contributed by atoms with E-state index in [0.29, 0.717) is 35.9 Å². The molecule has 2 aromatic carbocycles. The zero-order chi connectivity index (χ0) is 30.4. The first-order valence-corrected chi connectivity index (χ1v) is 15.2. The third kappa shape index (κ3) is 7.53. The van der Waals surface area contributed by atoms with Gasteiger partial charge in [-0.25, -0.2) is 4.79 Å². The average molecular weight is 581 g/mol. The molecule has 0 spiro atoms. The van der Waals surface area contributed by atoms with Gasteiger partial charge < -0.3 is 14.4 Å². The molecule has 2 heterocycles. The second-order valence-corrected chi connectivity index (χ2v) is 12.4. The van der Waals surface area contributed by atoms with Crippen molar-refractivity contribution in [1.29, 1.82) is 5.26 Å². The van der Waals surface area contributed by atoms with E-state index in [1.165, 1.54) is 42.6 Å². The molecule has 1 aliphatic carbocycles. The maximum atomic E-state index is 14.1. The van der Waals surface area contributed by atoms with Crippen LogP contribution in [0.3, 0.4) is 0 Å². The number of carbonyl (C=O) groups excluding carboxylic acids is 2. The number of benzene rings is 2. The monoisotopic (exact) mass is 580 g/mol. The molecule has 8 nitrogen and oxygen atoms in total. The summed E-state index contributed by atoms with van der Waals surface area (Å²) >= 11 is 0. The Morgan fingerprint density at radius 1 is 1.02 bits per heavy atom. The van der Waals surface area contributed by atoms with E-state index in [4.69, 9.17) is 14.5 Å². The minimum atomic E-state index is -0.665. The minimum absolute atomic E-state index is 0.215. The molecule has 1 aromatic heterocycles. The topological polar surface area (TPSA) is 95.8 Å². The number of likely N-dealkylation sites (tertiary alicyclic amines) is 1. The maximum absolute atomic E-state index is 14.1. The maximum Gasteiger partial charge on any atom is 0.410 e. The number of rotatable bonds is 8. The van der Waals surface area contributed by atoms with Crippen LogP contribution in [0.5, 0.6) is 5.75 Å². The van der Waals surface area contributed by atoms with Crippen LogP contribution in [0.2, 0.25) is 0 Å². The van der Waals surface area contributed by atoms with Gasteiger partial charge in [-0.1, -0.05) is 55.7 Å². The number of nitrogens with zero attached hydrogens (tertiary/aromatic N) is 4. The molecular weight excluding hydrogens is 540 g/mol. The Labute approximate surface area is 254 Å². The Kier molecular flexibility index (Phi) is 9.30. The standard InChI is InChI=1S/C35H40N4O4/c1-35(2,3)43-34(41)38-19-18-31(38)33(40)39(23-29-16-14-28(22-37-29)26-12-8-5-9-13-26)30-17-15-27(21-36)32(20-30)42-24-25-10-6-4-7-11-25/h4,6-7,10-11,14-17,20,22,26,31H,5,8-9,12-13,18-19,23-24H2,1-3H3/t31-/m1/s1. The van der Waals surface area contributed by atoms with Gasteiger partial charge >= 0.3 is 6.09 Å². The lowest BCUT2D eigenvalue weighted by Gasteiger charge is -2.42. The van der Waals surface area contributed by atoms with Crippen molar-refractivity contribution in [3.05, 3.63) is 89.2 Å². The third-order valence-corrected chi connectivity index (χ3v) is 8.08. The van der Waals surface area contributed by atoms with E-state index in [-0.39, 0.29) is 19.1 Å². The largest absolute Gasteiger partial charge is 0.487 e. The molecule has 1 aliphatic heterocycles. The molecule has 0 bridgehead atoms. The van der Waals surface area contributed by atoms with Gasteiger partial charge in [0.05, 0.1) is 17.8 Å². The summed E-state index contributed by atoms with van der Waals surface area (Å²) in [4.78, 5) is 34.9. The van der Waals surface area contributed by atoms with Crippen molar-refractivity contribution >= 4 is 17.7 Å². The first-order chi connectivity index (χ1) is 20.7. The van der Waals surface area contributed by atoms with E-state index in [1.54, 1.807) is 23.1 Å². The molecule has 0 radical (unpaired) electrons. The zero-order valence-corrected chi connectivity index (χ0v) is 25.3. The van der Waals surface area contributed by atoms with Crippen LogP contribution < -0.4 is 9.64 Å². The predicted molar refractivity (Wildman–Crippen MR) is 165 cm³/mol. The van der Waals surface area contributed by atoms with Gasteiger partial charge in [-0.15, -0.1) is 0 Å². The number of ether oxygens (including phenoxy) is 2. The molecule has 3 aromatic rings. The molecule has 224 valence electrons. The SMILES string of the molecule is CC(C)(C)OC(=O)N1CC[C@@H]1C(=O)N(Cc1ccc(C2CCCCC2)cn1)c1ccc(C#N)c(OCc2ccccc2)c1. The van der Waals surface area contributed by atoms with Crippen molar-refractivity contribution in [1.82, 2.24) is 9.88 Å². The molecule has 1 atom stereocenters. The molecular formula is C35H40N4O4. The Morgan fingerprint density at radius 2 is 1.79 bits per heavy atom. The summed E-state index contributed by atoms with van der Waals surface area (Å²) in [6.07, 6.45) is 8.14. The van der Waals surface area contributed by atoms with Crippen molar-refractivity contribution in [2.24, 2.45) is 0 Å². The molecule has 43 heavy (non-hydrogen) atoms. The van der Waals surface area contributed by atoms with E-state index in [1.807, 2.05) is 63.4 Å². The van der Waals surface area contributed by atoms with Crippen molar-refractivity contribution in [2.75, 3.05) is 11.4 Å². The first-order valence-electron chi connectivity index (χ1n) is 15.2. The minimum Gasteiger partial charge on any atom is -0.487 e. The second kappa shape index (κ2) is 13.3. The van der Waals surface area contributed by atoms with E-state index < -0.39 is 17.7 Å². The molecule has 0 N–H and O–H groups in total. The first kappa shape index (κ1) is 30.1. The van der Waals surface area contributed by atoms with Crippen LogP contribution in [0.15, 0.2) is 66.9 Å². The number of hydrogen-bond donors (Lipinski definition) is 0. The molecule has 8 heteroatoms. The number of amides is 2. The number of pyridine rings is 1. The summed E-state index contributed by atoms with van der Waals surface area (Å²) in [5, 5.41) is 9.77. The number of hydrogen-bond acceptors (Lipinski definition) is 6. The Balaban J connectivity index is 1.42. The van der Waals surface area contributed by atoms with Crippen LogP contribution >= 0.6 is 0 Å². The summed E-state index contributed by atoms with van der Waals surface area (Å²) in [5.74, 6) is 0.696. The van der Waals surface area contributed by atoms with Crippen LogP contribution in [-0.4, -0.2) is 40.1 Å². The highest BCUT2D eigenvalue weighted by Gasteiger charge is 2.42. The molecule has 2 amide bonds. The summed E-state index contributed by atoms with van der Waals surface area (Å²) in [5.41, 5.74) is 3.23. The summed E-state index contributed by atoms with van der Waals surface area (Å²) in [6, 6.07) is 20.5. The molecule has 5 rings (SSSR count). The van der Waals surface area contributed by atoms with Crippen LogP contribution in [-0.2, 0) is 22.7 Å². The highest BCUT2D eigenvalue weighted by atomic mass is 16.6. The van der Waals surface area contributed by atoms with Gasteiger partial charge in [0.15, 0.2) is 0 Å². The smallest absolute Gasteiger partial charge is 0.410 e. The van der Waals surface area contributed by atoms with Gasteiger partial charge in [0.2, 0.25) is 5.91 Å². The normalized spacial score (nSPS) is 17.0. The van der Waals surface area contributed by atoms with Crippen molar-refractivity contribution in [3.63, 3.8) is 0 Å². The van der Waals surface area contributed by atoms with Crippen LogP contribution in [0, 0.1) is 11.3 Å². The van der Waals surface area contributed by atoms with Crippen molar-refractivity contribution < 1.29 is 19.1 Å². The fraction of sp³-hybridized carbons (Fsp3) is 0.429. The third-order valence-electron chi connectivity index (χ3n) is 8.08. The van der Waals surface area contributed by atoms with Crippen molar-refractivity contribution in [2.45, 2.75) is 90.0 Å². The van der Waals surface area contributed by atoms with Gasteiger partial charge in [0.25, 0.3) is 0 Å². The molecule has 0 unspecified atom stereocenters.